The molecular weight excluding hydrogens is 364 g/mol. The highest BCUT2D eigenvalue weighted by molar-refractivity contribution is 6.04. The molecular formula is C19H18F4N2O2. The van der Waals surface area contributed by atoms with Crippen LogP contribution in [-0.4, -0.2) is 25.2 Å². The summed E-state index contributed by atoms with van der Waals surface area (Å²) < 4.78 is 57.3. The molecule has 1 fully saturated rings. The van der Waals surface area contributed by atoms with E-state index in [1.54, 1.807) is 0 Å². The summed E-state index contributed by atoms with van der Waals surface area (Å²) in [5.41, 5.74) is -0.297. The number of halogens is 4. The van der Waals surface area contributed by atoms with Crippen molar-refractivity contribution in [3.8, 4) is 0 Å². The number of nitrogens with one attached hydrogen (secondary N) is 2. The average Bonchev–Trinajstić information content (AvgIpc) is 3.14. The van der Waals surface area contributed by atoms with Crippen molar-refractivity contribution in [1.29, 1.82) is 0 Å². The molecule has 1 amide bonds. The quantitative estimate of drug-likeness (QED) is 0.738. The molecule has 2 aromatic carbocycles. The first-order valence-electron chi connectivity index (χ1n) is 8.46. The van der Waals surface area contributed by atoms with Gasteiger partial charge in [-0.25, -0.2) is 4.39 Å². The van der Waals surface area contributed by atoms with Gasteiger partial charge in [0.2, 0.25) is 0 Å². The molecule has 0 radical (unpaired) electrons. The molecule has 1 heterocycles. The number of anilines is 2. The van der Waals surface area contributed by atoms with Crippen LogP contribution in [0.25, 0.3) is 0 Å². The molecule has 0 bridgehead atoms. The molecule has 27 heavy (non-hydrogen) atoms. The highest BCUT2D eigenvalue weighted by Crippen LogP contribution is 2.29. The summed E-state index contributed by atoms with van der Waals surface area (Å²) in [5, 5.41) is 5.44. The minimum absolute atomic E-state index is 0.0454. The molecule has 8 heteroatoms. The van der Waals surface area contributed by atoms with E-state index in [9.17, 15) is 22.4 Å². The lowest BCUT2D eigenvalue weighted by Crippen LogP contribution is -2.19. The third kappa shape index (κ3) is 4.97. The maximum atomic E-state index is 14.2. The Morgan fingerprint density at radius 3 is 2.48 bits per heavy atom. The first-order chi connectivity index (χ1) is 12.8. The zero-order chi connectivity index (χ0) is 19.4. The second kappa shape index (κ2) is 7.96. The van der Waals surface area contributed by atoms with Crippen molar-refractivity contribution in [2.24, 2.45) is 0 Å². The number of amides is 1. The molecule has 2 N–H and O–H groups in total. The summed E-state index contributed by atoms with van der Waals surface area (Å²) in [7, 11) is 0. The van der Waals surface area contributed by atoms with Gasteiger partial charge in [0.15, 0.2) is 0 Å². The van der Waals surface area contributed by atoms with Crippen LogP contribution in [0.4, 0.5) is 28.9 Å². The zero-order valence-corrected chi connectivity index (χ0v) is 14.3. The van der Waals surface area contributed by atoms with Crippen LogP contribution in [0.5, 0.6) is 0 Å². The Hall–Kier alpha value is -2.61. The third-order valence-corrected chi connectivity index (χ3v) is 4.25. The van der Waals surface area contributed by atoms with Crippen LogP contribution in [0.15, 0.2) is 42.5 Å². The van der Waals surface area contributed by atoms with E-state index in [-0.39, 0.29) is 23.0 Å². The number of carbonyl (C=O) groups excluding carboxylic acids is 1. The summed E-state index contributed by atoms with van der Waals surface area (Å²) >= 11 is 0. The minimum Gasteiger partial charge on any atom is -0.380 e. The van der Waals surface area contributed by atoms with Crippen LogP contribution < -0.4 is 10.6 Å². The Morgan fingerprint density at radius 2 is 1.89 bits per heavy atom. The fraction of sp³-hybridized carbons (Fsp3) is 0.316. The standard InChI is InChI=1S/C19H18F4N2O2/c20-16-10-14(7-8-17(16)24-11-15-2-1-9-27-15)25-18(26)12-3-5-13(6-4-12)19(21,22)23/h3-8,10,15,24H,1-2,9,11H2,(H,25,26). The van der Waals surface area contributed by atoms with Crippen LogP contribution in [0, 0.1) is 5.82 Å². The van der Waals surface area contributed by atoms with Crippen LogP contribution >= 0.6 is 0 Å². The van der Waals surface area contributed by atoms with Crippen LogP contribution in [0.2, 0.25) is 0 Å². The van der Waals surface area contributed by atoms with Crippen molar-refractivity contribution in [3.63, 3.8) is 0 Å². The summed E-state index contributed by atoms with van der Waals surface area (Å²) in [6, 6.07) is 7.97. The van der Waals surface area contributed by atoms with Gasteiger partial charge < -0.3 is 15.4 Å². The zero-order valence-electron chi connectivity index (χ0n) is 14.3. The van der Waals surface area contributed by atoms with Crippen molar-refractivity contribution in [1.82, 2.24) is 0 Å². The first-order valence-corrected chi connectivity index (χ1v) is 8.46. The van der Waals surface area contributed by atoms with Gasteiger partial charge in [-0.1, -0.05) is 0 Å². The van der Waals surface area contributed by atoms with Gasteiger partial charge in [0.05, 0.1) is 17.4 Å². The number of alkyl halides is 3. The van der Waals surface area contributed by atoms with Crippen molar-refractivity contribution < 1.29 is 27.1 Å². The lowest BCUT2D eigenvalue weighted by atomic mass is 10.1. The summed E-state index contributed by atoms with van der Waals surface area (Å²) in [6.45, 7) is 1.21. The maximum Gasteiger partial charge on any atom is 0.416 e. The molecule has 3 rings (SSSR count). The molecule has 1 saturated heterocycles. The van der Waals surface area contributed by atoms with E-state index in [1.165, 1.54) is 12.1 Å². The van der Waals surface area contributed by atoms with Gasteiger partial charge in [-0.15, -0.1) is 0 Å². The number of rotatable bonds is 5. The second-order valence-electron chi connectivity index (χ2n) is 6.24. The van der Waals surface area contributed by atoms with Crippen LogP contribution in [-0.2, 0) is 10.9 Å². The monoisotopic (exact) mass is 382 g/mol. The number of hydrogen-bond acceptors (Lipinski definition) is 3. The normalized spacial score (nSPS) is 17.0. The SMILES string of the molecule is O=C(Nc1ccc(NCC2CCCO2)c(F)c1)c1ccc(C(F)(F)F)cc1. The molecule has 0 aromatic heterocycles. The Morgan fingerprint density at radius 1 is 1.15 bits per heavy atom. The molecule has 1 unspecified atom stereocenters. The lowest BCUT2D eigenvalue weighted by molar-refractivity contribution is -0.137. The van der Waals surface area contributed by atoms with Gasteiger partial charge >= 0.3 is 6.18 Å². The molecule has 4 nitrogen and oxygen atoms in total. The van der Waals surface area contributed by atoms with E-state index in [0.29, 0.717) is 13.2 Å². The predicted octanol–water partition coefficient (Wildman–Crippen LogP) is 4.69. The van der Waals surface area contributed by atoms with Crippen LogP contribution in [0.3, 0.4) is 0 Å². The van der Waals surface area contributed by atoms with Gasteiger partial charge in [-0.2, -0.15) is 13.2 Å². The number of ether oxygens (including phenoxy) is 1. The molecule has 1 atom stereocenters. The maximum absolute atomic E-state index is 14.2. The second-order valence-corrected chi connectivity index (χ2v) is 6.24. The highest BCUT2D eigenvalue weighted by Gasteiger charge is 2.30. The molecule has 1 aliphatic heterocycles. The summed E-state index contributed by atoms with van der Waals surface area (Å²) in [6.07, 6.45) is -2.49. The average molecular weight is 382 g/mol. The molecule has 1 aliphatic rings. The third-order valence-electron chi connectivity index (χ3n) is 4.25. The number of benzene rings is 2. The Bertz CT molecular complexity index is 800. The van der Waals surface area contributed by atoms with Crippen molar-refractivity contribution >= 4 is 17.3 Å². The van der Waals surface area contributed by atoms with E-state index in [2.05, 4.69) is 10.6 Å². The van der Waals surface area contributed by atoms with Crippen LogP contribution in [0.1, 0.15) is 28.8 Å². The van der Waals surface area contributed by atoms with Crippen molar-refractivity contribution in [3.05, 3.63) is 59.4 Å². The van der Waals surface area contributed by atoms with Gasteiger partial charge in [0.25, 0.3) is 5.91 Å². The number of hydrogen-bond donors (Lipinski definition) is 2. The first kappa shape index (κ1) is 19.2. The van der Waals surface area contributed by atoms with Gasteiger partial charge in [0, 0.05) is 24.4 Å². The molecule has 0 saturated carbocycles. The fourth-order valence-electron chi connectivity index (χ4n) is 2.78. The summed E-state index contributed by atoms with van der Waals surface area (Å²) in [4.78, 5) is 12.1. The van der Waals surface area contributed by atoms with Gasteiger partial charge in [0.1, 0.15) is 5.82 Å². The fourth-order valence-corrected chi connectivity index (χ4v) is 2.78. The summed E-state index contributed by atoms with van der Waals surface area (Å²) in [5.74, 6) is -1.17. The number of carbonyl (C=O) groups is 1. The lowest BCUT2D eigenvalue weighted by Gasteiger charge is -2.13. The minimum atomic E-state index is -4.47. The largest absolute Gasteiger partial charge is 0.416 e. The Kier molecular flexibility index (Phi) is 5.65. The smallest absolute Gasteiger partial charge is 0.380 e. The van der Waals surface area contributed by atoms with Gasteiger partial charge in [-0.05, 0) is 55.3 Å². The van der Waals surface area contributed by atoms with Crippen molar-refractivity contribution in [2.75, 3.05) is 23.8 Å². The van der Waals surface area contributed by atoms with E-state index >= 15 is 0 Å². The Balaban J connectivity index is 1.61. The molecule has 144 valence electrons. The van der Waals surface area contributed by atoms with E-state index in [4.69, 9.17) is 4.74 Å². The van der Waals surface area contributed by atoms with E-state index < -0.39 is 23.5 Å². The van der Waals surface area contributed by atoms with Gasteiger partial charge in [-0.3, -0.25) is 4.79 Å². The predicted molar refractivity (Wildman–Crippen MR) is 93.3 cm³/mol. The van der Waals surface area contributed by atoms with E-state index in [1.807, 2.05) is 0 Å². The topological polar surface area (TPSA) is 50.4 Å². The van der Waals surface area contributed by atoms with Crippen molar-refractivity contribution in [2.45, 2.75) is 25.1 Å². The van der Waals surface area contributed by atoms with E-state index in [0.717, 1.165) is 43.2 Å². The molecule has 0 spiro atoms. The molecule has 0 aliphatic carbocycles. The molecule has 2 aromatic rings. The highest BCUT2D eigenvalue weighted by atomic mass is 19.4. The Labute approximate surface area is 153 Å².